The number of thiophene rings is 2. The van der Waals surface area contributed by atoms with Gasteiger partial charge in [-0.2, -0.15) is 0 Å². The Kier molecular flexibility index (Phi) is 10.1. The van der Waals surface area contributed by atoms with Crippen LogP contribution in [-0.4, -0.2) is 0 Å². The van der Waals surface area contributed by atoms with Crippen LogP contribution >= 0.6 is 54.5 Å². The Morgan fingerprint density at radius 1 is 0.558 bits per heavy atom. The van der Waals surface area contributed by atoms with Gasteiger partial charge in [0.15, 0.2) is 0 Å². The van der Waals surface area contributed by atoms with Gasteiger partial charge >= 0.3 is 0 Å². The van der Waals surface area contributed by atoms with Gasteiger partial charge in [0.25, 0.3) is 0 Å². The summed E-state index contributed by atoms with van der Waals surface area (Å²) in [7, 11) is 0. The van der Waals surface area contributed by atoms with E-state index in [0.29, 0.717) is 0 Å². The minimum Gasteiger partial charge on any atom is -0.128 e. The summed E-state index contributed by atoms with van der Waals surface area (Å²) < 4.78 is 2.36. The maximum Gasteiger partial charge on any atom is 0.0722 e. The van der Waals surface area contributed by atoms with E-state index in [-0.39, 0.29) is 5.41 Å². The summed E-state index contributed by atoms with van der Waals surface area (Å²) in [4.78, 5) is 2.68. The van der Waals surface area contributed by atoms with Crippen LogP contribution in [0.15, 0.2) is 92.5 Å². The summed E-state index contributed by atoms with van der Waals surface area (Å²) in [6, 6.07) is 33.2. The monoisotopic (exact) mass is 730 g/mol. The minimum absolute atomic E-state index is 0.362. The average molecular weight is 733 g/mol. The van der Waals surface area contributed by atoms with Crippen molar-refractivity contribution in [1.29, 1.82) is 0 Å². The lowest BCUT2D eigenvalue weighted by molar-refractivity contribution is 0.666. The fourth-order valence-electron chi connectivity index (χ4n) is 6.80. The minimum atomic E-state index is -0.362. The van der Waals surface area contributed by atoms with Gasteiger partial charge in [-0.3, -0.25) is 0 Å². The van der Waals surface area contributed by atoms with Crippen LogP contribution in [0.3, 0.4) is 0 Å². The van der Waals surface area contributed by atoms with Gasteiger partial charge in [-0.25, -0.2) is 0 Å². The van der Waals surface area contributed by atoms with Crippen molar-refractivity contribution in [3.63, 3.8) is 0 Å². The van der Waals surface area contributed by atoms with E-state index >= 15 is 0 Å². The number of rotatable bonds is 13. The Balaban J connectivity index is 1.49. The predicted octanol–water partition coefficient (Wildman–Crippen LogP) is 13.6. The highest BCUT2D eigenvalue weighted by molar-refractivity contribution is 9.11. The summed E-state index contributed by atoms with van der Waals surface area (Å²) in [5.74, 6) is 0. The Morgan fingerprint density at radius 2 is 1.16 bits per heavy atom. The van der Waals surface area contributed by atoms with Gasteiger partial charge in [-0.05, 0) is 126 Å². The van der Waals surface area contributed by atoms with E-state index in [1.165, 1.54) is 113 Å². The number of aryl methyl sites for hydroxylation is 2. The Morgan fingerprint density at radius 3 is 1.70 bits per heavy atom. The van der Waals surface area contributed by atoms with Crippen LogP contribution in [0, 0.1) is 0 Å². The van der Waals surface area contributed by atoms with Crippen molar-refractivity contribution in [2.75, 3.05) is 0 Å². The van der Waals surface area contributed by atoms with Crippen LogP contribution in [0.25, 0.3) is 20.9 Å². The predicted molar refractivity (Wildman–Crippen MR) is 196 cm³/mol. The van der Waals surface area contributed by atoms with E-state index in [1.807, 2.05) is 11.3 Å². The summed E-state index contributed by atoms with van der Waals surface area (Å²) in [6.07, 6.45) is 12.7. The van der Waals surface area contributed by atoms with E-state index in [4.69, 9.17) is 0 Å². The fourth-order valence-corrected chi connectivity index (χ4v) is 9.88. The number of halogens is 2. The quantitative estimate of drug-likeness (QED) is 0.104. The molecule has 0 nitrogen and oxygen atoms in total. The van der Waals surface area contributed by atoms with E-state index in [2.05, 4.69) is 131 Å². The normalized spacial score (nSPS) is 13.3. The molecule has 0 saturated carbocycles. The molecule has 0 spiro atoms. The van der Waals surface area contributed by atoms with Gasteiger partial charge in [-0.1, -0.05) is 113 Å². The molecule has 4 heteroatoms. The molecule has 0 atom stereocenters. The highest BCUT2D eigenvalue weighted by Crippen LogP contribution is 2.60. The Labute approximate surface area is 282 Å². The highest BCUT2D eigenvalue weighted by atomic mass is 79.9. The standard InChI is InChI=1S/C39H40Br2S2/c1-3-5-7-9-11-27-13-18-30(19-14-27)39(31-20-15-28(16-21-31)12-10-8-6-4-2)33-25-29(35-23-24-36(40)42-35)17-22-32(33)38-34(39)26-37(41)43-38/h13-26H,3-12H2,1-2H3. The third kappa shape index (κ3) is 6.27. The number of fused-ring (bicyclic) bond motifs is 3. The van der Waals surface area contributed by atoms with Crippen molar-refractivity contribution >= 4 is 54.5 Å². The Hall–Kier alpha value is -1.98. The summed E-state index contributed by atoms with van der Waals surface area (Å²) in [5.41, 5.74) is 10.7. The summed E-state index contributed by atoms with van der Waals surface area (Å²) >= 11 is 11.2. The van der Waals surface area contributed by atoms with Gasteiger partial charge in [0, 0.05) is 9.75 Å². The smallest absolute Gasteiger partial charge is 0.0722 e. The average Bonchev–Trinajstić information content (AvgIpc) is 3.71. The van der Waals surface area contributed by atoms with Gasteiger partial charge in [0.05, 0.1) is 13.0 Å². The zero-order chi connectivity index (χ0) is 29.8. The maximum atomic E-state index is 3.88. The molecule has 0 saturated heterocycles. The first-order valence-corrected chi connectivity index (χ1v) is 19.2. The second-order valence-corrected chi connectivity index (χ2v) is 16.8. The molecule has 2 aromatic heterocycles. The lowest BCUT2D eigenvalue weighted by Crippen LogP contribution is -2.28. The number of benzene rings is 3. The van der Waals surface area contributed by atoms with Gasteiger partial charge in [0.2, 0.25) is 0 Å². The molecule has 0 N–H and O–H groups in total. The van der Waals surface area contributed by atoms with Crippen molar-refractivity contribution in [3.05, 3.63) is 126 Å². The summed E-state index contributed by atoms with van der Waals surface area (Å²) in [5, 5.41) is 0. The van der Waals surface area contributed by atoms with Crippen molar-refractivity contribution in [2.45, 2.75) is 83.5 Å². The molecular weight excluding hydrogens is 692 g/mol. The van der Waals surface area contributed by atoms with Crippen LogP contribution in [0.4, 0.5) is 0 Å². The van der Waals surface area contributed by atoms with E-state index < -0.39 is 0 Å². The van der Waals surface area contributed by atoms with E-state index in [9.17, 15) is 0 Å². The molecule has 0 aliphatic heterocycles. The van der Waals surface area contributed by atoms with Gasteiger partial charge < -0.3 is 0 Å². The van der Waals surface area contributed by atoms with Crippen LogP contribution < -0.4 is 0 Å². The molecule has 1 aliphatic carbocycles. The van der Waals surface area contributed by atoms with Crippen molar-refractivity contribution in [1.82, 2.24) is 0 Å². The molecule has 0 bridgehead atoms. The van der Waals surface area contributed by atoms with E-state index in [1.54, 1.807) is 11.3 Å². The lowest BCUT2D eigenvalue weighted by Gasteiger charge is -2.34. The van der Waals surface area contributed by atoms with Crippen molar-refractivity contribution in [3.8, 4) is 20.9 Å². The molecule has 6 rings (SSSR count). The number of unbranched alkanes of at least 4 members (excludes halogenated alkanes) is 6. The summed E-state index contributed by atoms with van der Waals surface area (Å²) in [6.45, 7) is 4.57. The van der Waals surface area contributed by atoms with E-state index in [0.717, 1.165) is 12.8 Å². The molecule has 0 unspecified atom stereocenters. The molecule has 5 aromatic rings. The molecule has 3 aromatic carbocycles. The molecule has 2 heterocycles. The van der Waals surface area contributed by atoms with Crippen molar-refractivity contribution < 1.29 is 0 Å². The molecule has 1 aliphatic rings. The first-order valence-electron chi connectivity index (χ1n) is 15.9. The number of hydrogen-bond donors (Lipinski definition) is 0. The highest BCUT2D eigenvalue weighted by Gasteiger charge is 2.47. The van der Waals surface area contributed by atoms with Crippen LogP contribution in [0.2, 0.25) is 0 Å². The zero-order valence-electron chi connectivity index (χ0n) is 25.2. The van der Waals surface area contributed by atoms with Crippen LogP contribution in [0.5, 0.6) is 0 Å². The second kappa shape index (κ2) is 14.0. The third-order valence-corrected chi connectivity index (χ3v) is 12.4. The molecule has 0 fully saturated rings. The first-order chi connectivity index (χ1) is 21.0. The largest absolute Gasteiger partial charge is 0.128 e. The van der Waals surface area contributed by atoms with Gasteiger partial charge in [0.1, 0.15) is 0 Å². The van der Waals surface area contributed by atoms with Crippen LogP contribution in [0.1, 0.15) is 98.6 Å². The van der Waals surface area contributed by atoms with Crippen molar-refractivity contribution in [2.24, 2.45) is 0 Å². The Bertz CT molecular complexity index is 1600. The molecular formula is C39H40Br2S2. The fraction of sp³-hybridized carbons (Fsp3) is 0.333. The molecule has 0 radical (unpaired) electrons. The maximum absolute atomic E-state index is 3.88. The lowest BCUT2D eigenvalue weighted by atomic mass is 9.67. The second-order valence-electron chi connectivity index (χ2n) is 11.9. The topological polar surface area (TPSA) is 0 Å². The third-order valence-electron chi connectivity index (χ3n) is 9.04. The first kappa shape index (κ1) is 31.0. The zero-order valence-corrected chi connectivity index (χ0v) is 30.0. The molecule has 222 valence electrons. The molecule has 0 amide bonds. The number of hydrogen-bond acceptors (Lipinski definition) is 2. The van der Waals surface area contributed by atoms with Crippen LogP contribution in [-0.2, 0) is 18.3 Å². The SMILES string of the molecule is CCCCCCc1ccc(C2(c3ccc(CCCCCC)cc3)c3cc(-c4ccc(Br)s4)ccc3-c3sc(Br)cc32)cc1. The van der Waals surface area contributed by atoms with Gasteiger partial charge in [-0.15, -0.1) is 22.7 Å². The molecule has 43 heavy (non-hydrogen) atoms.